The van der Waals surface area contributed by atoms with E-state index in [4.69, 9.17) is 16.7 Å². The molecule has 0 aliphatic heterocycles. The highest BCUT2D eigenvalue weighted by atomic mass is 35.5. The lowest BCUT2D eigenvalue weighted by atomic mass is 10.1. The van der Waals surface area contributed by atoms with Gasteiger partial charge in [-0.15, -0.1) is 0 Å². The smallest absolute Gasteiger partial charge is 0.115 e. The predicted molar refractivity (Wildman–Crippen MR) is 72.3 cm³/mol. The molecule has 0 spiro atoms. The first-order valence-corrected chi connectivity index (χ1v) is 5.82. The highest BCUT2D eigenvalue weighted by Gasteiger charge is 1.91. The minimum absolute atomic E-state index is 0.301. The quantitative estimate of drug-likeness (QED) is 0.854. The molecular formula is C15H13ClO. The van der Waals surface area contributed by atoms with Crippen molar-refractivity contribution in [1.29, 1.82) is 0 Å². The Morgan fingerprint density at radius 3 is 2.24 bits per heavy atom. The summed E-state index contributed by atoms with van der Waals surface area (Å²) in [6, 6.07) is 15.0. The lowest BCUT2D eigenvalue weighted by molar-refractivity contribution is 0.475. The van der Waals surface area contributed by atoms with Gasteiger partial charge in [0.15, 0.2) is 0 Å². The molecule has 0 unspecified atom stereocenters. The Balaban J connectivity index is 1.97. The number of halogens is 1. The molecule has 2 aromatic rings. The Morgan fingerprint density at radius 1 is 0.941 bits per heavy atom. The lowest BCUT2D eigenvalue weighted by Gasteiger charge is -1.97. The Hall–Kier alpha value is -1.73. The number of phenols is 1. The van der Waals surface area contributed by atoms with Gasteiger partial charge in [-0.2, -0.15) is 0 Å². The van der Waals surface area contributed by atoms with E-state index in [0.29, 0.717) is 5.75 Å². The fraction of sp³-hybridized carbons (Fsp3) is 0.0667. The zero-order valence-corrected chi connectivity index (χ0v) is 10.1. The Kier molecular flexibility index (Phi) is 3.84. The van der Waals surface area contributed by atoms with E-state index in [-0.39, 0.29) is 0 Å². The molecule has 1 nitrogen and oxygen atoms in total. The van der Waals surface area contributed by atoms with Crippen LogP contribution in [0.5, 0.6) is 5.75 Å². The van der Waals surface area contributed by atoms with Crippen LogP contribution in [0.1, 0.15) is 11.1 Å². The third-order valence-corrected chi connectivity index (χ3v) is 2.72. The van der Waals surface area contributed by atoms with Crippen molar-refractivity contribution in [3.8, 4) is 5.75 Å². The van der Waals surface area contributed by atoms with Crippen LogP contribution < -0.4 is 0 Å². The summed E-state index contributed by atoms with van der Waals surface area (Å²) in [5.41, 5.74) is 2.31. The number of allylic oxidation sites excluding steroid dienone is 1. The van der Waals surface area contributed by atoms with Crippen molar-refractivity contribution in [3.63, 3.8) is 0 Å². The first-order valence-electron chi connectivity index (χ1n) is 5.44. The van der Waals surface area contributed by atoms with Crippen LogP contribution in [0.4, 0.5) is 0 Å². The monoisotopic (exact) mass is 244 g/mol. The van der Waals surface area contributed by atoms with E-state index in [1.807, 2.05) is 36.4 Å². The number of aromatic hydroxyl groups is 1. The lowest BCUT2D eigenvalue weighted by Crippen LogP contribution is -1.79. The van der Waals surface area contributed by atoms with Gasteiger partial charge in [-0.25, -0.2) is 0 Å². The molecule has 2 rings (SSSR count). The van der Waals surface area contributed by atoms with Gasteiger partial charge < -0.3 is 5.11 Å². The highest BCUT2D eigenvalue weighted by Crippen LogP contribution is 2.13. The first-order chi connectivity index (χ1) is 8.24. The molecule has 0 saturated heterocycles. The molecular weight excluding hydrogens is 232 g/mol. The number of rotatable bonds is 3. The number of hydrogen-bond acceptors (Lipinski definition) is 1. The third kappa shape index (κ3) is 3.65. The number of benzene rings is 2. The van der Waals surface area contributed by atoms with E-state index < -0.39 is 0 Å². The second kappa shape index (κ2) is 5.55. The molecule has 0 heterocycles. The van der Waals surface area contributed by atoms with Crippen molar-refractivity contribution in [3.05, 3.63) is 70.8 Å². The van der Waals surface area contributed by atoms with E-state index >= 15 is 0 Å². The zero-order chi connectivity index (χ0) is 12.1. The van der Waals surface area contributed by atoms with Crippen molar-refractivity contribution in [2.75, 3.05) is 0 Å². The van der Waals surface area contributed by atoms with Gasteiger partial charge in [0, 0.05) is 5.02 Å². The zero-order valence-electron chi connectivity index (χ0n) is 9.31. The Morgan fingerprint density at radius 2 is 1.59 bits per heavy atom. The van der Waals surface area contributed by atoms with Crippen LogP contribution in [-0.4, -0.2) is 5.11 Å². The summed E-state index contributed by atoms with van der Waals surface area (Å²) in [6.45, 7) is 0. The molecule has 17 heavy (non-hydrogen) atoms. The fourth-order valence-corrected chi connectivity index (χ4v) is 1.66. The maximum absolute atomic E-state index is 9.16. The maximum atomic E-state index is 9.16. The second-order valence-corrected chi connectivity index (χ2v) is 4.26. The van der Waals surface area contributed by atoms with Gasteiger partial charge in [-0.1, -0.05) is 48.0 Å². The second-order valence-electron chi connectivity index (χ2n) is 3.82. The van der Waals surface area contributed by atoms with E-state index in [2.05, 4.69) is 12.2 Å². The first kappa shape index (κ1) is 11.7. The fourth-order valence-electron chi connectivity index (χ4n) is 1.54. The minimum Gasteiger partial charge on any atom is -0.508 e. The highest BCUT2D eigenvalue weighted by molar-refractivity contribution is 6.30. The van der Waals surface area contributed by atoms with E-state index in [0.717, 1.165) is 17.0 Å². The molecule has 0 amide bonds. The predicted octanol–water partition coefficient (Wildman–Crippen LogP) is 4.30. The summed E-state index contributed by atoms with van der Waals surface area (Å²) < 4.78 is 0. The molecule has 0 aliphatic rings. The summed E-state index contributed by atoms with van der Waals surface area (Å²) in [7, 11) is 0. The molecule has 86 valence electrons. The van der Waals surface area contributed by atoms with E-state index in [1.165, 1.54) is 5.56 Å². The van der Waals surface area contributed by atoms with Crippen LogP contribution in [0.15, 0.2) is 54.6 Å². The van der Waals surface area contributed by atoms with Gasteiger partial charge in [0.1, 0.15) is 5.75 Å². The summed E-state index contributed by atoms with van der Waals surface area (Å²) in [4.78, 5) is 0. The Labute approximate surface area is 106 Å². The van der Waals surface area contributed by atoms with Crippen LogP contribution >= 0.6 is 11.6 Å². The van der Waals surface area contributed by atoms with Gasteiger partial charge >= 0.3 is 0 Å². The number of phenolic OH excluding ortho intramolecular Hbond substituents is 1. The van der Waals surface area contributed by atoms with Crippen LogP contribution in [-0.2, 0) is 6.42 Å². The van der Waals surface area contributed by atoms with Crippen LogP contribution in [0.3, 0.4) is 0 Å². The van der Waals surface area contributed by atoms with Crippen LogP contribution in [0.2, 0.25) is 5.02 Å². The van der Waals surface area contributed by atoms with Crippen LogP contribution in [0.25, 0.3) is 6.08 Å². The van der Waals surface area contributed by atoms with Gasteiger partial charge in [0.2, 0.25) is 0 Å². The normalized spacial score (nSPS) is 10.9. The Bertz CT molecular complexity index is 497. The average molecular weight is 245 g/mol. The topological polar surface area (TPSA) is 20.2 Å². The molecule has 2 heteroatoms. The van der Waals surface area contributed by atoms with Gasteiger partial charge in [0.25, 0.3) is 0 Å². The summed E-state index contributed by atoms with van der Waals surface area (Å²) in [5.74, 6) is 0.301. The van der Waals surface area contributed by atoms with Crippen LogP contribution in [0, 0.1) is 0 Å². The van der Waals surface area contributed by atoms with Crippen molar-refractivity contribution < 1.29 is 5.11 Å². The largest absolute Gasteiger partial charge is 0.508 e. The average Bonchev–Trinajstić information content (AvgIpc) is 2.34. The van der Waals surface area contributed by atoms with Crippen molar-refractivity contribution in [2.45, 2.75) is 6.42 Å². The molecule has 2 aromatic carbocycles. The summed E-state index contributed by atoms with van der Waals surface area (Å²) in [6.07, 6.45) is 5.00. The molecule has 0 aliphatic carbocycles. The molecule has 0 bridgehead atoms. The summed E-state index contributed by atoms with van der Waals surface area (Å²) >= 11 is 5.81. The maximum Gasteiger partial charge on any atom is 0.115 e. The summed E-state index contributed by atoms with van der Waals surface area (Å²) in [5, 5.41) is 9.91. The van der Waals surface area contributed by atoms with Gasteiger partial charge in [0.05, 0.1) is 0 Å². The van der Waals surface area contributed by atoms with Gasteiger partial charge in [-0.3, -0.25) is 0 Å². The molecule has 0 aromatic heterocycles. The molecule has 0 saturated carbocycles. The van der Waals surface area contributed by atoms with E-state index in [1.54, 1.807) is 12.1 Å². The molecule has 0 radical (unpaired) electrons. The molecule has 1 N–H and O–H groups in total. The molecule has 0 fully saturated rings. The van der Waals surface area contributed by atoms with Crippen molar-refractivity contribution >= 4 is 17.7 Å². The van der Waals surface area contributed by atoms with E-state index in [9.17, 15) is 0 Å². The SMILES string of the molecule is Oc1ccc(C/C=C/c2ccc(Cl)cc2)cc1. The number of hydrogen-bond donors (Lipinski definition) is 1. The van der Waals surface area contributed by atoms with Gasteiger partial charge in [-0.05, 0) is 41.8 Å². The minimum atomic E-state index is 0.301. The standard InChI is InChI=1S/C15H13ClO/c16-14-8-4-12(5-9-14)2-1-3-13-6-10-15(17)11-7-13/h1-2,4-11,17H,3H2/b2-1+. The van der Waals surface area contributed by atoms with Crippen molar-refractivity contribution in [2.24, 2.45) is 0 Å². The molecule has 0 atom stereocenters. The third-order valence-electron chi connectivity index (χ3n) is 2.47. The van der Waals surface area contributed by atoms with Crippen molar-refractivity contribution in [1.82, 2.24) is 0 Å².